The summed E-state index contributed by atoms with van der Waals surface area (Å²) in [5, 5.41) is 6.27. The van der Waals surface area contributed by atoms with Gasteiger partial charge in [0.2, 0.25) is 0 Å². The molecule has 9 heteroatoms. The van der Waals surface area contributed by atoms with Gasteiger partial charge in [-0.2, -0.15) is 0 Å². The maximum atomic E-state index is 9.75. The number of hydrogen-bond acceptors (Lipinski definition) is 0. The zero-order chi connectivity index (χ0) is 31.8. The van der Waals surface area contributed by atoms with Gasteiger partial charge in [-0.3, -0.25) is 6.08 Å². The minimum absolute atomic E-state index is 0. The van der Waals surface area contributed by atoms with Crippen LogP contribution in [0.5, 0.6) is 0 Å². The first-order valence-electron chi connectivity index (χ1n) is 13.8. The van der Waals surface area contributed by atoms with Gasteiger partial charge in [0.1, 0.15) is 7.57 Å². The fraction of sp³-hybridized carbons (Fsp3) is 0.0833. The van der Waals surface area contributed by atoms with Crippen LogP contribution in [0.4, 0.5) is 17.3 Å². The molecule has 0 aliphatic carbocycles. The van der Waals surface area contributed by atoms with Gasteiger partial charge in [0, 0.05) is 10.6 Å². The molecular formula is C36H37B2F4P2Rh. The van der Waals surface area contributed by atoms with Crippen molar-refractivity contribution < 1.29 is 36.7 Å². The molecule has 0 unspecified atom stereocenters. The van der Waals surface area contributed by atoms with Gasteiger partial charge in [-0.05, 0) is 47.5 Å². The van der Waals surface area contributed by atoms with Crippen molar-refractivity contribution in [2.75, 3.05) is 0 Å². The zero-order valence-corrected chi connectivity index (χ0v) is 27.6. The molecule has 0 saturated carbocycles. The molecule has 0 fully saturated rings. The van der Waals surface area contributed by atoms with E-state index in [1.54, 1.807) is 22.8 Å². The number of benzene rings is 4. The molecule has 0 aliphatic heterocycles. The van der Waals surface area contributed by atoms with Gasteiger partial charge in [-0.25, -0.2) is 19.1 Å². The smallest absolute Gasteiger partial charge is 0.518 e. The second-order valence-corrected chi connectivity index (χ2v) is 14.1. The van der Waals surface area contributed by atoms with Crippen LogP contribution in [0.15, 0.2) is 152 Å². The molecule has 0 aliphatic rings. The molecule has 234 valence electrons. The minimum Gasteiger partial charge on any atom is -0.518 e. The number of rotatable bonds is 9. The second kappa shape index (κ2) is 19.4. The number of halogens is 4. The standard InChI is InChI=1S/C29H27BP2.C7H10.BF4.Rh/c30-32(26-17-9-3-10-18-26,27-19-11-4-12-20-27)23-31-28(24-13-5-1-6-14-24)21-22-29(31)25-15-7-2-8-16-25;1-3-5-7-6-4-2;2-1(3,4)5;/h1-22H,23H2,30H3;1,3-4,6H,2,5,7H2;;/q;-2;-1;+3/b;6-4-;;. The van der Waals surface area contributed by atoms with E-state index >= 15 is 0 Å². The third-order valence-corrected chi connectivity index (χ3v) is 12.3. The Morgan fingerprint density at radius 2 is 1.00 bits per heavy atom. The summed E-state index contributed by atoms with van der Waals surface area (Å²) in [5.41, 5.74) is 2.77. The van der Waals surface area contributed by atoms with Gasteiger partial charge in [-0.1, -0.05) is 118 Å². The summed E-state index contributed by atoms with van der Waals surface area (Å²) < 4.78 is 39.0. The van der Waals surface area contributed by atoms with Crippen LogP contribution in [0.3, 0.4) is 0 Å². The Morgan fingerprint density at radius 3 is 1.33 bits per heavy atom. The Balaban J connectivity index is 0.000000464. The molecule has 0 atom stereocenters. The first-order valence-corrected chi connectivity index (χ1v) is 16.9. The van der Waals surface area contributed by atoms with E-state index < -0.39 is 21.9 Å². The van der Waals surface area contributed by atoms with Crippen molar-refractivity contribution in [3.63, 3.8) is 0 Å². The number of unbranched alkanes of at least 4 members (excludes halogenated alkanes) is 1. The molecule has 1 aromatic heterocycles. The van der Waals surface area contributed by atoms with Crippen LogP contribution in [0, 0.1) is 13.5 Å². The molecule has 4 aromatic carbocycles. The average molecular weight is 732 g/mol. The first-order chi connectivity index (χ1) is 21.2. The molecule has 0 amide bonds. The first kappa shape index (κ1) is 38.1. The molecule has 5 rings (SSSR count). The van der Waals surface area contributed by atoms with Gasteiger partial charge in [0.05, 0.1) is 16.5 Å². The summed E-state index contributed by atoms with van der Waals surface area (Å²) in [5.74, 6) is 1.29. The Morgan fingerprint density at radius 1 is 0.644 bits per heavy atom. The number of hydrogen-bond donors (Lipinski definition) is 0. The topological polar surface area (TPSA) is 0 Å². The van der Waals surface area contributed by atoms with Gasteiger partial charge >= 0.3 is 26.7 Å². The Labute approximate surface area is 281 Å². The monoisotopic (exact) mass is 732 g/mol. The zero-order valence-electron chi connectivity index (χ0n) is 24.2. The summed E-state index contributed by atoms with van der Waals surface area (Å²) in [6, 6.07) is 49.8. The molecule has 5 aromatic rings. The third kappa shape index (κ3) is 12.3. The second-order valence-electron chi connectivity index (χ2n) is 9.28. The summed E-state index contributed by atoms with van der Waals surface area (Å²) in [4.78, 5) is 0. The van der Waals surface area contributed by atoms with Crippen molar-refractivity contribution in [1.82, 2.24) is 0 Å². The van der Waals surface area contributed by atoms with Gasteiger partial charge < -0.3 is 23.8 Å². The Bertz CT molecular complexity index is 1460. The van der Waals surface area contributed by atoms with Crippen molar-refractivity contribution in [3.05, 3.63) is 165 Å². The third-order valence-electron chi connectivity index (χ3n) is 6.21. The van der Waals surface area contributed by atoms with E-state index in [-0.39, 0.29) is 27.0 Å². The van der Waals surface area contributed by atoms with Gasteiger partial charge in [-0.15, -0.1) is 6.42 Å². The average Bonchev–Trinajstić information content (AvgIpc) is 3.45. The maximum absolute atomic E-state index is 9.75. The largest absolute Gasteiger partial charge is 3.00 e. The molecule has 0 radical (unpaired) electrons. The van der Waals surface area contributed by atoms with Gasteiger partial charge in [0.15, 0.2) is 0 Å². The van der Waals surface area contributed by atoms with Crippen LogP contribution in [-0.4, -0.2) is 14.8 Å². The van der Waals surface area contributed by atoms with Crippen molar-refractivity contribution in [2.45, 2.75) is 18.7 Å². The molecule has 1 heterocycles. The van der Waals surface area contributed by atoms with Crippen molar-refractivity contribution in [2.24, 2.45) is 0 Å². The van der Waals surface area contributed by atoms with Crippen molar-refractivity contribution in [1.29, 1.82) is 0 Å². The normalized spacial score (nSPS) is 11.0. The quantitative estimate of drug-likeness (QED) is 0.0466. The van der Waals surface area contributed by atoms with Crippen LogP contribution >= 0.6 is 14.7 Å². The van der Waals surface area contributed by atoms with E-state index in [2.05, 4.69) is 140 Å². The number of allylic oxidation sites excluding steroid dienone is 3. The molecular weight excluding hydrogens is 695 g/mol. The molecule has 0 bridgehead atoms. The molecule has 0 nitrogen and oxygen atoms in total. The van der Waals surface area contributed by atoms with E-state index in [9.17, 15) is 17.3 Å². The summed E-state index contributed by atoms with van der Waals surface area (Å²) in [6.45, 7) is 8.61. The predicted octanol–water partition coefficient (Wildman–Crippen LogP) is 10.4. The van der Waals surface area contributed by atoms with E-state index in [1.165, 1.54) is 27.6 Å². The van der Waals surface area contributed by atoms with Crippen molar-refractivity contribution >= 4 is 40.1 Å². The van der Waals surface area contributed by atoms with E-state index in [0.717, 1.165) is 12.8 Å². The Kier molecular flexibility index (Phi) is 16.5. The Hall–Kier alpha value is -3.09. The van der Waals surface area contributed by atoms with Crippen LogP contribution < -0.4 is 10.6 Å². The van der Waals surface area contributed by atoms with Gasteiger partial charge in [0.25, 0.3) is 0 Å². The van der Waals surface area contributed by atoms with E-state index in [4.69, 9.17) is 6.58 Å². The molecule has 45 heavy (non-hydrogen) atoms. The van der Waals surface area contributed by atoms with Crippen LogP contribution in [0.1, 0.15) is 12.8 Å². The van der Waals surface area contributed by atoms with E-state index in [1.807, 2.05) is 6.08 Å². The SMILES string of the molecule is F[B-](F)(F)F.[BH3-][P+](Cp1c(-c2ccccc2)ccc1-c1ccccc1)(c1ccccc1)c1ccccc1.[CH-]=CCC/C=C\[CH2-].[Rh+3]. The maximum Gasteiger partial charge on any atom is 3.00 e. The summed E-state index contributed by atoms with van der Waals surface area (Å²) in [6.07, 6.45) is 7.39. The summed E-state index contributed by atoms with van der Waals surface area (Å²) in [7, 11) is -7.71. The molecule has 0 N–H and O–H groups in total. The summed E-state index contributed by atoms with van der Waals surface area (Å²) >= 11 is 0. The molecule has 0 saturated heterocycles. The fourth-order valence-corrected chi connectivity index (χ4v) is 11.0. The van der Waals surface area contributed by atoms with Crippen LogP contribution in [0.25, 0.3) is 21.7 Å². The predicted molar refractivity (Wildman–Crippen MR) is 192 cm³/mol. The van der Waals surface area contributed by atoms with Crippen LogP contribution in [0.2, 0.25) is 0 Å². The fourth-order valence-electron chi connectivity index (χ4n) is 4.32. The minimum atomic E-state index is -6.00. The van der Waals surface area contributed by atoms with Crippen molar-refractivity contribution in [3.8, 4) is 21.7 Å². The van der Waals surface area contributed by atoms with E-state index in [0.29, 0.717) is 0 Å². The molecule has 0 spiro atoms. The van der Waals surface area contributed by atoms with Crippen LogP contribution in [-0.2, 0) is 25.4 Å².